The molecule has 1 amide bonds. The van der Waals surface area contributed by atoms with Crippen LogP contribution in [0.2, 0.25) is 0 Å². The lowest BCUT2D eigenvalue weighted by Gasteiger charge is -2.34. The number of thiophene rings is 1. The van der Waals surface area contributed by atoms with Crippen LogP contribution in [0.5, 0.6) is 0 Å². The summed E-state index contributed by atoms with van der Waals surface area (Å²) in [6.07, 6.45) is 0.504. The van der Waals surface area contributed by atoms with Crippen molar-refractivity contribution in [1.29, 1.82) is 0 Å². The third-order valence-electron chi connectivity index (χ3n) is 4.73. The fraction of sp³-hybridized carbons (Fsp3) is 0.316. The Morgan fingerprint density at radius 1 is 0.964 bits per heavy atom. The van der Waals surface area contributed by atoms with Crippen LogP contribution in [0.3, 0.4) is 0 Å². The second-order valence-corrected chi connectivity index (χ2v) is 7.44. The predicted octanol–water partition coefficient (Wildman–Crippen LogP) is 2.04. The van der Waals surface area contributed by atoms with Gasteiger partial charge in [0.15, 0.2) is 5.78 Å². The number of Topliss-reactive ketones (excluding diaryl/α,β-unsaturated/α-hetero) is 1. The average molecular weight is 396 g/mol. The Bertz CT molecular complexity index is 933. The first-order chi connectivity index (χ1) is 13.7. The summed E-state index contributed by atoms with van der Waals surface area (Å²) in [7, 11) is 0. The van der Waals surface area contributed by atoms with E-state index in [-0.39, 0.29) is 24.5 Å². The van der Waals surface area contributed by atoms with Crippen LogP contribution in [0.15, 0.2) is 47.8 Å². The number of benzene rings is 1. The van der Waals surface area contributed by atoms with E-state index in [1.807, 2.05) is 46.7 Å². The summed E-state index contributed by atoms with van der Waals surface area (Å²) in [5.41, 5.74) is 0.896. The largest absolute Gasteiger partial charge is 0.339 e. The van der Waals surface area contributed by atoms with Crippen molar-refractivity contribution in [2.24, 2.45) is 0 Å². The fourth-order valence-corrected chi connectivity index (χ4v) is 3.91. The van der Waals surface area contributed by atoms with Crippen molar-refractivity contribution in [3.05, 3.63) is 52.7 Å². The van der Waals surface area contributed by atoms with E-state index < -0.39 is 0 Å². The van der Waals surface area contributed by atoms with Gasteiger partial charge < -0.3 is 9.80 Å². The number of tetrazole rings is 1. The summed E-state index contributed by atoms with van der Waals surface area (Å²) < 4.78 is 1.71. The van der Waals surface area contributed by atoms with Gasteiger partial charge in [-0.3, -0.25) is 9.59 Å². The minimum atomic E-state index is 0.0206. The van der Waals surface area contributed by atoms with Gasteiger partial charge in [0.1, 0.15) is 0 Å². The molecule has 1 aliphatic rings. The van der Waals surface area contributed by atoms with Crippen molar-refractivity contribution in [2.45, 2.75) is 12.8 Å². The monoisotopic (exact) mass is 396 g/mol. The van der Waals surface area contributed by atoms with Gasteiger partial charge in [0.2, 0.25) is 11.9 Å². The van der Waals surface area contributed by atoms with Gasteiger partial charge in [0, 0.05) is 39.0 Å². The lowest BCUT2D eigenvalue weighted by Crippen LogP contribution is -2.49. The van der Waals surface area contributed by atoms with Crippen molar-refractivity contribution in [2.75, 3.05) is 31.1 Å². The number of hydrogen-bond donors (Lipinski definition) is 0. The van der Waals surface area contributed by atoms with Crippen molar-refractivity contribution < 1.29 is 9.59 Å². The molecule has 1 aliphatic heterocycles. The standard InChI is InChI=1S/C19H20N6O2S/c26-16(17-7-4-14-28-17)8-9-18(27)23-10-12-24(13-11-23)19-20-21-22-25(19)15-5-2-1-3-6-15/h1-7,14H,8-13H2. The van der Waals surface area contributed by atoms with Gasteiger partial charge in [-0.15, -0.1) is 11.3 Å². The summed E-state index contributed by atoms with van der Waals surface area (Å²) in [5.74, 6) is 0.724. The number of rotatable bonds is 6. The van der Waals surface area contributed by atoms with Crippen LogP contribution in [-0.2, 0) is 4.79 Å². The van der Waals surface area contributed by atoms with E-state index in [1.165, 1.54) is 11.3 Å². The molecule has 1 saturated heterocycles. The van der Waals surface area contributed by atoms with Crippen molar-refractivity contribution in [3.63, 3.8) is 0 Å². The third kappa shape index (κ3) is 3.94. The maximum absolute atomic E-state index is 12.5. The molecule has 0 radical (unpaired) electrons. The molecule has 28 heavy (non-hydrogen) atoms. The Labute approximate surface area is 166 Å². The molecule has 0 saturated carbocycles. The SMILES string of the molecule is O=C(CCC(=O)N1CCN(c2nnnn2-c2ccccc2)CC1)c1cccs1. The Morgan fingerprint density at radius 3 is 2.46 bits per heavy atom. The summed E-state index contributed by atoms with van der Waals surface area (Å²) >= 11 is 1.41. The van der Waals surface area contributed by atoms with Crippen LogP contribution >= 0.6 is 11.3 Å². The minimum absolute atomic E-state index is 0.0206. The van der Waals surface area contributed by atoms with E-state index in [1.54, 1.807) is 10.7 Å². The number of anilines is 1. The molecular formula is C19H20N6O2S. The molecule has 0 spiro atoms. The molecule has 1 aromatic carbocycles. The van der Waals surface area contributed by atoms with Crippen LogP contribution in [0.1, 0.15) is 22.5 Å². The number of piperazine rings is 1. The smallest absolute Gasteiger partial charge is 0.250 e. The Kier molecular flexibility index (Phi) is 5.43. The lowest BCUT2D eigenvalue weighted by atomic mass is 10.1. The van der Waals surface area contributed by atoms with Gasteiger partial charge >= 0.3 is 0 Å². The number of carbonyl (C=O) groups is 2. The zero-order valence-corrected chi connectivity index (χ0v) is 16.1. The van der Waals surface area contributed by atoms with Crippen LogP contribution in [0.4, 0.5) is 5.95 Å². The van der Waals surface area contributed by atoms with Crippen LogP contribution in [0.25, 0.3) is 5.69 Å². The van der Waals surface area contributed by atoms with Gasteiger partial charge in [-0.05, 0) is 34.0 Å². The average Bonchev–Trinajstić information content (AvgIpc) is 3.45. The molecule has 3 aromatic rings. The molecule has 1 fully saturated rings. The maximum atomic E-state index is 12.5. The van der Waals surface area contributed by atoms with Crippen LogP contribution in [0, 0.1) is 0 Å². The summed E-state index contributed by atoms with van der Waals surface area (Å²) in [6.45, 7) is 2.48. The highest BCUT2D eigenvalue weighted by atomic mass is 32.1. The second-order valence-electron chi connectivity index (χ2n) is 6.49. The van der Waals surface area contributed by atoms with Crippen molar-refractivity contribution >= 4 is 29.0 Å². The number of nitrogens with zero attached hydrogens (tertiary/aromatic N) is 6. The number of carbonyl (C=O) groups excluding carboxylic acids is 2. The van der Waals surface area contributed by atoms with E-state index in [2.05, 4.69) is 20.4 Å². The van der Waals surface area contributed by atoms with E-state index in [0.29, 0.717) is 37.0 Å². The fourth-order valence-electron chi connectivity index (χ4n) is 3.21. The molecule has 2 aromatic heterocycles. The summed E-state index contributed by atoms with van der Waals surface area (Å²) in [5, 5.41) is 13.9. The topological polar surface area (TPSA) is 84.2 Å². The highest BCUT2D eigenvalue weighted by Crippen LogP contribution is 2.18. The normalized spacial score (nSPS) is 14.3. The van der Waals surface area contributed by atoms with E-state index in [4.69, 9.17) is 0 Å². The van der Waals surface area contributed by atoms with Crippen molar-refractivity contribution in [3.8, 4) is 5.69 Å². The van der Waals surface area contributed by atoms with Gasteiger partial charge in [0.05, 0.1) is 10.6 Å². The van der Waals surface area contributed by atoms with Crippen LogP contribution in [-0.4, -0.2) is 63.0 Å². The molecule has 0 unspecified atom stereocenters. The highest BCUT2D eigenvalue weighted by Gasteiger charge is 2.25. The first kappa shape index (κ1) is 18.3. The zero-order chi connectivity index (χ0) is 19.3. The number of aromatic nitrogens is 4. The first-order valence-corrected chi connectivity index (χ1v) is 10.0. The Balaban J connectivity index is 1.32. The molecule has 0 atom stereocenters. The van der Waals surface area contributed by atoms with Gasteiger partial charge in [-0.25, -0.2) is 0 Å². The predicted molar refractivity (Wildman–Crippen MR) is 106 cm³/mol. The summed E-state index contributed by atoms with van der Waals surface area (Å²) in [6, 6.07) is 13.4. The minimum Gasteiger partial charge on any atom is -0.339 e. The van der Waals surface area contributed by atoms with E-state index >= 15 is 0 Å². The van der Waals surface area contributed by atoms with Gasteiger partial charge in [-0.2, -0.15) is 4.68 Å². The molecule has 0 aliphatic carbocycles. The molecule has 8 nitrogen and oxygen atoms in total. The van der Waals surface area contributed by atoms with Crippen molar-refractivity contribution in [1.82, 2.24) is 25.1 Å². The van der Waals surface area contributed by atoms with Gasteiger partial charge in [-0.1, -0.05) is 29.4 Å². The number of para-hydroxylation sites is 1. The molecular weight excluding hydrogens is 376 g/mol. The number of ketones is 1. The molecule has 4 rings (SSSR count). The number of hydrogen-bond acceptors (Lipinski definition) is 7. The first-order valence-electron chi connectivity index (χ1n) is 9.15. The lowest BCUT2D eigenvalue weighted by molar-refractivity contribution is -0.131. The second kappa shape index (κ2) is 8.30. The van der Waals surface area contributed by atoms with Crippen LogP contribution < -0.4 is 4.90 Å². The highest BCUT2D eigenvalue weighted by molar-refractivity contribution is 7.12. The zero-order valence-electron chi connectivity index (χ0n) is 15.3. The molecule has 9 heteroatoms. The maximum Gasteiger partial charge on any atom is 0.250 e. The Morgan fingerprint density at radius 2 is 1.75 bits per heavy atom. The van der Waals surface area contributed by atoms with Gasteiger partial charge in [0.25, 0.3) is 0 Å². The molecule has 0 N–H and O–H groups in total. The van der Waals surface area contributed by atoms with E-state index in [0.717, 1.165) is 5.69 Å². The summed E-state index contributed by atoms with van der Waals surface area (Å²) in [4.78, 5) is 29.2. The third-order valence-corrected chi connectivity index (χ3v) is 5.64. The molecule has 3 heterocycles. The molecule has 144 valence electrons. The Hall–Kier alpha value is -3.07. The number of amides is 1. The molecule has 0 bridgehead atoms. The van der Waals surface area contributed by atoms with E-state index in [9.17, 15) is 9.59 Å². The quantitative estimate of drug-likeness (QED) is 0.593.